The van der Waals surface area contributed by atoms with Gasteiger partial charge in [0.1, 0.15) is 0 Å². The predicted octanol–water partition coefficient (Wildman–Crippen LogP) is 4.54. The van der Waals surface area contributed by atoms with E-state index in [4.69, 9.17) is 0 Å². The van der Waals surface area contributed by atoms with E-state index in [0.717, 1.165) is 43.4 Å². The van der Waals surface area contributed by atoms with Crippen molar-refractivity contribution < 1.29 is 27.9 Å². The van der Waals surface area contributed by atoms with Gasteiger partial charge in [-0.25, -0.2) is 0 Å². The number of amides is 1. The van der Waals surface area contributed by atoms with Crippen molar-refractivity contribution in [3.05, 3.63) is 59.7 Å². The molecular weight excluding hydrogens is 433 g/mol. The summed E-state index contributed by atoms with van der Waals surface area (Å²) in [6, 6.07) is 4.73. The third-order valence-electron chi connectivity index (χ3n) is 7.36. The minimum Gasteiger partial charge on any atom is -0.481 e. The van der Waals surface area contributed by atoms with E-state index in [0.29, 0.717) is 25.9 Å². The number of nitrogens with one attached hydrogen (secondary N) is 1. The zero-order valence-electron chi connectivity index (χ0n) is 18.4. The van der Waals surface area contributed by atoms with Gasteiger partial charge in [0.2, 0.25) is 5.91 Å². The normalized spacial score (nSPS) is 26.3. The number of allylic oxidation sites excluding steroid dienone is 3. The van der Waals surface area contributed by atoms with E-state index in [9.17, 15) is 27.9 Å². The van der Waals surface area contributed by atoms with Gasteiger partial charge in [-0.2, -0.15) is 13.2 Å². The summed E-state index contributed by atoms with van der Waals surface area (Å²) in [4.78, 5) is 27.0. The number of alkyl halides is 3. The van der Waals surface area contributed by atoms with Crippen molar-refractivity contribution in [1.82, 2.24) is 10.2 Å². The molecule has 1 spiro atoms. The minimum absolute atomic E-state index is 0.135. The maximum atomic E-state index is 13.1. The zero-order chi connectivity index (χ0) is 23.7. The Morgan fingerprint density at radius 3 is 2.42 bits per heavy atom. The summed E-state index contributed by atoms with van der Waals surface area (Å²) >= 11 is 0. The number of carboxylic acid groups (broad SMARTS) is 1. The Labute approximate surface area is 191 Å². The molecule has 1 saturated carbocycles. The largest absolute Gasteiger partial charge is 0.481 e. The molecule has 2 fully saturated rings. The molecule has 0 bridgehead atoms. The van der Waals surface area contributed by atoms with Crippen molar-refractivity contribution in [2.24, 2.45) is 10.8 Å². The fourth-order valence-electron chi connectivity index (χ4n) is 4.93. The number of hydrogen-bond donors (Lipinski definition) is 2. The molecule has 1 aliphatic heterocycles. The molecule has 1 heterocycles. The van der Waals surface area contributed by atoms with Crippen molar-refractivity contribution in [3.8, 4) is 0 Å². The number of piperidine rings is 1. The monoisotopic (exact) mass is 462 g/mol. The van der Waals surface area contributed by atoms with Crippen molar-refractivity contribution >= 4 is 11.9 Å². The zero-order valence-corrected chi connectivity index (χ0v) is 18.4. The van der Waals surface area contributed by atoms with Crippen molar-refractivity contribution in [2.75, 3.05) is 13.1 Å². The summed E-state index contributed by atoms with van der Waals surface area (Å²) in [6.07, 6.45) is 7.27. The summed E-state index contributed by atoms with van der Waals surface area (Å²) in [6.45, 7) is 1.37. The number of halogens is 3. The number of likely N-dealkylation sites (tertiary alicyclic amines) is 1. The lowest BCUT2D eigenvalue weighted by Crippen LogP contribution is -2.52. The average molecular weight is 463 g/mol. The molecule has 1 amide bonds. The Hall–Kier alpha value is -2.61. The highest BCUT2D eigenvalue weighted by atomic mass is 19.4. The molecule has 1 unspecified atom stereocenters. The first-order valence-electron chi connectivity index (χ1n) is 11.4. The topological polar surface area (TPSA) is 69.6 Å². The molecule has 1 saturated heterocycles. The smallest absolute Gasteiger partial charge is 0.416 e. The molecule has 1 aromatic rings. The lowest BCUT2D eigenvalue weighted by molar-refractivity contribution is -0.146. The van der Waals surface area contributed by atoms with E-state index < -0.39 is 23.1 Å². The molecule has 8 heteroatoms. The first-order chi connectivity index (χ1) is 15.6. The van der Waals surface area contributed by atoms with E-state index >= 15 is 0 Å². The van der Waals surface area contributed by atoms with E-state index in [1.165, 1.54) is 12.1 Å². The molecule has 0 radical (unpaired) electrons. The standard InChI is InChI=1S/C25H29F3N2O3/c26-25(27,28)19-6-4-18(5-7-19)17-30-15-13-23(10-11-23)16-20(30)21(31)29-14-12-24(22(32)33)8-2-1-3-9-24/h1-8,20H,9-17H2,(H,29,31)(H,32,33)/t20?,24-/m0/s1. The summed E-state index contributed by atoms with van der Waals surface area (Å²) in [5, 5.41) is 12.6. The molecule has 1 aromatic carbocycles. The van der Waals surface area contributed by atoms with Crippen LogP contribution in [0.1, 0.15) is 49.7 Å². The Morgan fingerprint density at radius 1 is 1.12 bits per heavy atom. The van der Waals surface area contributed by atoms with E-state index in [-0.39, 0.29) is 23.9 Å². The number of carbonyl (C=O) groups is 2. The van der Waals surface area contributed by atoms with Crippen LogP contribution < -0.4 is 5.32 Å². The third-order valence-corrected chi connectivity index (χ3v) is 7.36. The number of hydrogen-bond acceptors (Lipinski definition) is 3. The first kappa shape index (κ1) is 23.5. The van der Waals surface area contributed by atoms with Crippen LogP contribution in [0.15, 0.2) is 48.6 Å². The van der Waals surface area contributed by atoms with Crippen molar-refractivity contribution in [1.29, 1.82) is 0 Å². The number of carbonyl (C=O) groups excluding carboxylic acids is 1. The summed E-state index contributed by atoms with van der Waals surface area (Å²) in [7, 11) is 0. The van der Waals surface area contributed by atoms with Crippen LogP contribution in [-0.4, -0.2) is 41.0 Å². The van der Waals surface area contributed by atoms with Crippen molar-refractivity contribution in [3.63, 3.8) is 0 Å². The molecule has 2 atom stereocenters. The molecule has 3 aliphatic rings. The lowest BCUT2D eigenvalue weighted by Gasteiger charge is -2.39. The Morgan fingerprint density at radius 2 is 1.85 bits per heavy atom. The SMILES string of the molecule is O=C(NCC[C@]1(C(=O)O)C=CC=CC1)C1CC2(CCN1Cc1ccc(C(F)(F)F)cc1)CC2. The molecule has 2 aliphatic carbocycles. The van der Waals surface area contributed by atoms with Gasteiger partial charge in [-0.3, -0.25) is 14.5 Å². The van der Waals surface area contributed by atoms with Gasteiger partial charge in [0, 0.05) is 13.1 Å². The van der Waals surface area contributed by atoms with Crippen LogP contribution in [0.3, 0.4) is 0 Å². The van der Waals surface area contributed by atoms with Crippen LogP contribution in [0.2, 0.25) is 0 Å². The second-order valence-corrected chi connectivity index (χ2v) is 9.63. The highest BCUT2D eigenvalue weighted by Crippen LogP contribution is 2.55. The van der Waals surface area contributed by atoms with Gasteiger partial charge < -0.3 is 10.4 Å². The highest BCUT2D eigenvalue weighted by molar-refractivity contribution is 5.82. The van der Waals surface area contributed by atoms with E-state index in [1.54, 1.807) is 12.2 Å². The number of nitrogens with zero attached hydrogens (tertiary/aromatic N) is 1. The van der Waals surface area contributed by atoms with Gasteiger partial charge in [-0.15, -0.1) is 0 Å². The van der Waals surface area contributed by atoms with Gasteiger partial charge in [-0.05, 0) is 68.2 Å². The quantitative estimate of drug-likeness (QED) is 0.624. The minimum atomic E-state index is -4.37. The maximum Gasteiger partial charge on any atom is 0.416 e. The summed E-state index contributed by atoms with van der Waals surface area (Å²) in [5.74, 6) is -1.04. The summed E-state index contributed by atoms with van der Waals surface area (Å²) in [5.41, 5.74) is -0.754. The second kappa shape index (κ2) is 8.97. The Bertz CT molecular complexity index is 951. The molecule has 33 heavy (non-hydrogen) atoms. The van der Waals surface area contributed by atoms with Crippen molar-refractivity contribution in [2.45, 2.75) is 57.3 Å². The Balaban J connectivity index is 1.40. The molecule has 0 aromatic heterocycles. The van der Waals surface area contributed by atoms with Crippen LogP contribution in [0.5, 0.6) is 0 Å². The number of aliphatic carboxylic acids is 1. The highest BCUT2D eigenvalue weighted by Gasteiger charge is 2.49. The molecule has 5 nitrogen and oxygen atoms in total. The molecule has 178 valence electrons. The maximum absolute atomic E-state index is 13.1. The number of benzene rings is 1. The molecule has 2 N–H and O–H groups in total. The van der Waals surface area contributed by atoms with Crippen LogP contribution >= 0.6 is 0 Å². The number of carboxylic acids is 1. The van der Waals surface area contributed by atoms with Gasteiger partial charge >= 0.3 is 12.1 Å². The van der Waals surface area contributed by atoms with Gasteiger partial charge in [0.15, 0.2) is 0 Å². The van der Waals surface area contributed by atoms with Gasteiger partial charge in [0.25, 0.3) is 0 Å². The molecule has 4 rings (SSSR count). The average Bonchev–Trinajstić information content (AvgIpc) is 3.54. The second-order valence-electron chi connectivity index (χ2n) is 9.63. The number of rotatable bonds is 7. The first-order valence-corrected chi connectivity index (χ1v) is 11.4. The Kier molecular flexibility index (Phi) is 6.40. The lowest BCUT2D eigenvalue weighted by atomic mass is 9.78. The molecular formula is C25H29F3N2O3. The fraction of sp³-hybridized carbons (Fsp3) is 0.520. The van der Waals surface area contributed by atoms with E-state index in [1.807, 2.05) is 17.1 Å². The van der Waals surface area contributed by atoms with E-state index in [2.05, 4.69) is 5.32 Å². The predicted molar refractivity (Wildman–Crippen MR) is 117 cm³/mol. The van der Waals surface area contributed by atoms with Crippen LogP contribution in [0.4, 0.5) is 13.2 Å². The third kappa shape index (κ3) is 5.32. The van der Waals surface area contributed by atoms with Crippen LogP contribution in [0, 0.1) is 10.8 Å². The van der Waals surface area contributed by atoms with Gasteiger partial charge in [0.05, 0.1) is 17.0 Å². The van der Waals surface area contributed by atoms with Gasteiger partial charge in [-0.1, -0.05) is 36.4 Å². The van der Waals surface area contributed by atoms with Crippen LogP contribution in [0.25, 0.3) is 0 Å². The van der Waals surface area contributed by atoms with Crippen LogP contribution in [-0.2, 0) is 22.3 Å². The fourth-order valence-corrected chi connectivity index (χ4v) is 4.93. The summed E-state index contributed by atoms with van der Waals surface area (Å²) < 4.78 is 38.6.